The molecule has 1 aromatic carbocycles. The number of rotatable bonds is 6. The number of aliphatic hydroxyl groups is 1. The number of ketones is 1. The van der Waals surface area contributed by atoms with Crippen LogP contribution in [-0.4, -0.2) is 44.3 Å². The molecular weight excluding hydrogens is 298 g/mol. The van der Waals surface area contributed by atoms with Gasteiger partial charge in [0.1, 0.15) is 0 Å². The largest absolute Gasteiger partial charge is 0.389 e. The number of likely N-dealkylation sites (N-methyl/N-ethyl adjacent to an activating group) is 1. The summed E-state index contributed by atoms with van der Waals surface area (Å²) in [5, 5.41) is 9.66. The second-order valence-corrected chi connectivity index (χ2v) is 5.06. The monoisotopic (exact) mass is 315 g/mol. The lowest BCUT2D eigenvalue weighted by Crippen LogP contribution is -2.31. The van der Waals surface area contributed by atoms with Crippen molar-refractivity contribution in [1.82, 2.24) is 0 Å². The third kappa shape index (κ3) is 4.08. The molecule has 1 aromatic rings. The Bertz CT molecular complexity index is 423. The zero-order valence-electron chi connectivity index (χ0n) is 10.8. The van der Waals surface area contributed by atoms with E-state index in [0.717, 1.165) is 10.2 Å². The Balaban J connectivity index is 2.78. The number of Topliss-reactive ketones (excluding diaryl/α,β-unsaturated/α-hetero) is 1. The van der Waals surface area contributed by atoms with Crippen LogP contribution < -0.4 is 4.90 Å². The van der Waals surface area contributed by atoms with E-state index in [0.29, 0.717) is 18.7 Å². The highest BCUT2D eigenvalue weighted by molar-refractivity contribution is 9.10. The minimum absolute atomic E-state index is 0.0236. The van der Waals surface area contributed by atoms with Crippen molar-refractivity contribution in [3.8, 4) is 0 Å². The van der Waals surface area contributed by atoms with E-state index in [1.165, 1.54) is 6.92 Å². The van der Waals surface area contributed by atoms with Crippen LogP contribution in [0.5, 0.6) is 0 Å². The molecule has 1 unspecified atom stereocenters. The van der Waals surface area contributed by atoms with E-state index in [9.17, 15) is 9.90 Å². The number of carbonyl (C=O) groups is 1. The summed E-state index contributed by atoms with van der Waals surface area (Å²) >= 11 is 3.38. The van der Waals surface area contributed by atoms with Crippen molar-refractivity contribution in [2.75, 3.05) is 32.2 Å². The highest BCUT2D eigenvalue weighted by atomic mass is 79.9. The van der Waals surface area contributed by atoms with Crippen molar-refractivity contribution in [2.45, 2.75) is 13.0 Å². The number of methoxy groups -OCH3 is 1. The molecule has 0 heterocycles. The Morgan fingerprint density at radius 1 is 1.56 bits per heavy atom. The molecule has 0 spiro atoms. The molecule has 1 atom stereocenters. The lowest BCUT2D eigenvalue weighted by atomic mass is 10.1. The van der Waals surface area contributed by atoms with Crippen LogP contribution in [0.15, 0.2) is 22.7 Å². The summed E-state index contributed by atoms with van der Waals surface area (Å²) in [6.45, 7) is 2.31. The van der Waals surface area contributed by atoms with Crippen LogP contribution in [0.4, 0.5) is 5.69 Å². The first-order valence-corrected chi connectivity index (χ1v) is 6.43. The maximum absolute atomic E-state index is 11.3. The summed E-state index contributed by atoms with van der Waals surface area (Å²) < 4.78 is 5.65. The Hall–Kier alpha value is -0.910. The lowest BCUT2D eigenvalue weighted by molar-refractivity contribution is 0.0695. The molecule has 0 aliphatic heterocycles. The second-order valence-electron chi connectivity index (χ2n) is 4.21. The molecular formula is C13H18BrNO3. The molecule has 0 aromatic heterocycles. The third-order valence-electron chi connectivity index (χ3n) is 2.62. The quantitative estimate of drug-likeness (QED) is 0.817. The van der Waals surface area contributed by atoms with Gasteiger partial charge in [-0.25, -0.2) is 0 Å². The van der Waals surface area contributed by atoms with Crippen LogP contribution in [0.25, 0.3) is 0 Å². The van der Waals surface area contributed by atoms with E-state index in [1.54, 1.807) is 13.2 Å². The van der Waals surface area contributed by atoms with Crippen molar-refractivity contribution in [1.29, 1.82) is 0 Å². The molecule has 1 N–H and O–H groups in total. The number of nitrogens with zero attached hydrogens (tertiary/aromatic N) is 1. The first kappa shape index (κ1) is 15.1. The van der Waals surface area contributed by atoms with Gasteiger partial charge < -0.3 is 14.7 Å². The number of anilines is 1. The summed E-state index contributed by atoms with van der Waals surface area (Å²) in [7, 11) is 3.44. The first-order chi connectivity index (χ1) is 8.45. The van der Waals surface area contributed by atoms with Crippen LogP contribution in [0.1, 0.15) is 17.3 Å². The second kappa shape index (κ2) is 6.87. The summed E-state index contributed by atoms with van der Waals surface area (Å²) in [5.74, 6) is 0.0236. The summed E-state index contributed by atoms with van der Waals surface area (Å²) in [6.07, 6.45) is -0.536. The molecule has 0 bridgehead atoms. The van der Waals surface area contributed by atoms with E-state index in [-0.39, 0.29) is 5.78 Å². The zero-order valence-corrected chi connectivity index (χ0v) is 12.4. The average molecular weight is 316 g/mol. The Labute approximate surface area is 116 Å². The minimum Gasteiger partial charge on any atom is -0.389 e. The number of halogens is 1. The minimum atomic E-state index is -0.536. The van der Waals surface area contributed by atoms with Gasteiger partial charge in [0.25, 0.3) is 0 Å². The molecule has 0 saturated heterocycles. The molecule has 0 saturated carbocycles. The molecule has 18 heavy (non-hydrogen) atoms. The number of hydrogen-bond acceptors (Lipinski definition) is 4. The number of hydrogen-bond donors (Lipinski definition) is 1. The summed E-state index contributed by atoms with van der Waals surface area (Å²) in [5.41, 5.74) is 1.59. The topological polar surface area (TPSA) is 49.8 Å². The van der Waals surface area contributed by atoms with Crippen LogP contribution >= 0.6 is 15.9 Å². The third-order valence-corrected chi connectivity index (χ3v) is 3.27. The van der Waals surface area contributed by atoms with Gasteiger partial charge in [0.2, 0.25) is 0 Å². The zero-order chi connectivity index (χ0) is 13.7. The van der Waals surface area contributed by atoms with Crippen molar-refractivity contribution in [3.05, 3.63) is 28.2 Å². The smallest absolute Gasteiger partial charge is 0.160 e. The van der Waals surface area contributed by atoms with Crippen LogP contribution in [0, 0.1) is 0 Å². The fourth-order valence-electron chi connectivity index (χ4n) is 1.69. The number of ether oxygens (including phenoxy) is 1. The molecule has 0 radical (unpaired) electrons. The lowest BCUT2D eigenvalue weighted by Gasteiger charge is -2.23. The van der Waals surface area contributed by atoms with E-state index in [2.05, 4.69) is 15.9 Å². The molecule has 100 valence electrons. The van der Waals surface area contributed by atoms with Gasteiger partial charge in [0.05, 0.1) is 12.7 Å². The number of benzene rings is 1. The van der Waals surface area contributed by atoms with E-state index < -0.39 is 6.10 Å². The Kier molecular flexibility index (Phi) is 5.78. The normalized spacial score (nSPS) is 12.3. The maximum Gasteiger partial charge on any atom is 0.160 e. The van der Waals surface area contributed by atoms with Crippen LogP contribution in [0.3, 0.4) is 0 Å². The van der Waals surface area contributed by atoms with Gasteiger partial charge in [-0.05, 0) is 41.1 Å². The van der Waals surface area contributed by atoms with Gasteiger partial charge in [0.15, 0.2) is 5.78 Å². The van der Waals surface area contributed by atoms with Gasteiger partial charge >= 0.3 is 0 Å². The molecule has 5 heteroatoms. The van der Waals surface area contributed by atoms with Crippen molar-refractivity contribution >= 4 is 27.4 Å². The Morgan fingerprint density at radius 2 is 2.22 bits per heavy atom. The maximum atomic E-state index is 11.3. The molecule has 0 fully saturated rings. The van der Waals surface area contributed by atoms with Gasteiger partial charge in [0, 0.05) is 36.4 Å². The van der Waals surface area contributed by atoms with Gasteiger partial charge in [-0.1, -0.05) is 0 Å². The SMILES string of the molecule is COCC(O)CN(C)c1ccc(C(C)=O)c(Br)c1. The fraction of sp³-hybridized carbons (Fsp3) is 0.462. The predicted octanol–water partition coefficient (Wildman–Crippen LogP) is 2.10. The van der Waals surface area contributed by atoms with Crippen LogP contribution in [-0.2, 0) is 4.74 Å². The van der Waals surface area contributed by atoms with Gasteiger partial charge in [-0.3, -0.25) is 4.79 Å². The van der Waals surface area contributed by atoms with E-state index >= 15 is 0 Å². The molecule has 0 aliphatic carbocycles. The van der Waals surface area contributed by atoms with Crippen molar-refractivity contribution < 1.29 is 14.6 Å². The van der Waals surface area contributed by atoms with E-state index in [4.69, 9.17) is 4.74 Å². The highest BCUT2D eigenvalue weighted by Gasteiger charge is 2.11. The summed E-state index contributed by atoms with van der Waals surface area (Å²) in [6, 6.07) is 5.51. The highest BCUT2D eigenvalue weighted by Crippen LogP contribution is 2.24. The van der Waals surface area contributed by atoms with Crippen molar-refractivity contribution in [2.24, 2.45) is 0 Å². The number of carbonyl (C=O) groups excluding carboxylic acids is 1. The molecule has 1 rings (SSSR count). The van der Waals surface area contributed by atoms with Crippen LogP contribution in [0.2, 0.25) is 0 Å². The molecule has 0 aliphatic rings. The van der Waals surface area contributed by atoms with E-state index in [1.807, 2.05) is 24.1 Å². The number of aliphatic hydroxyl groups excluding tert-OH is 1. The van der Waals surface area contributed by atoms with Gasteiger partial charge in [-0.15, -0.1) is 0 Å². The average Bonchev–Trinajstić information content (AvgIpc) is 2.28. The fourth-order valence-corrected chi connectivity index (χ4v) is 2.34. The standard InChI is InChI=1S/C13H18BrNO3/c1-9(16)12-5-4-10(6-13(12)14)15(2)7-11(17)8-18-3/h4-6,11,17H,7-8H2,1-3H3. The molecule has 4 nitrogen and oxygen atoms in total. The summed E-state index contributed by atoms with van der Waals surface area (Å²) in [4.78, 5) is 13.2. The van der Waals surface area contributed by atoms with Crippen molar-refractivity contribution in [3.63, 3.8) is 0 Å². The van der Waals surface area contributed by atoms with Gasteiger partial charge in [-0.2, -0.15) is 0 Å². The first-order valence-electron chi connectivity index (χ1n) is 5.64. The Morgan fingerprint density at radius 3 is 2.72 bits per heavy atom. The predicted molar refractivity (Wildman–Crippen MR) is 75.3 cm³/mol. The molecule has 0 amide bonds.